The van der Waals surface area contributed by atoms with Crippen LogP contribution in [-0.4, -0.2) is 15.7 Å². The second kappa shape index (κ2) is 10.3. The zero-order valence-electron chi connectivity index (χ0n) is 23.2. The molecule has 3 aromatic carbocycles. The quantitative estimate of drug-likeness (QED) is 0.122. The van der Waals surface area contributed by atoms with Crippen LogP contribution in [-0.2, 0) is 12.4 Å². The van der Waals surface area contributed by atoms with E-state index in [-0.39, 0.29) is 0 Å². The maximum absolute atomic E-state index is 13.3. The van der Waals surface area contributed by atoms with Crippen molar-refractivity contribution in [1.82, 2.24) is 15.3 Å². The molecule has 5 aromatic rings. The number of nitriles is 2. The summed E-state index contributed by atoms with van der Waals surface area (Å²) in [6, 6.07) is 18.3. The molecule has 0 amide bonds. The molecule has 1 unspecified atom stereocenters. The first-order valence-electron chi connectivity index (χ1n) is 13.6. The molecule has 2 heterocycles. The highest BCUT2D eigenvalue weighted by atomic mass is 19.4. The Labute approximate surface area is 257 Å². The van der Waals surface area contributed by atoms with Crippen molar-refractivity contribution in [3.05, 3.63) is 119 Å². The molecule has 0 saturated heterocycles. The summed E-state index contributed by atoms with van der Waals surface area (Å²) in [5, 5.41) is 22.0. The highest BCUT2D eigenvalue weighted by Gasteiger charge is 2.36. The van der Waals surface area contributed by atoms with Crippen LogP contribution >= 0.6 is 0 Å². The van der Waals surface area contributed by atoms with E-state index >= 15 is 0 Å². The number of aromatic nitrogens is 2. The Morgan fingerprint density at radius 1 is 0.587 bits per heavy atom. The summed E-state index contributed by atoms with van der Waals surface area (Å²) < 4.78 is 80.0. The van der Waals surface area contributed by atoms with E-state index in [4.69, 9.17) is 0 Å². The van der Waals surface area contributed by atoms with Crippen molar-refractivity contribution in [2.45, 2.75) is 18.4 Å². The first-order chi connectivity index (χ1) is 22.0. The Bertz CT molecular complexity index is 2200. The number of benzene rings is 3. The average Bonchev–Trinajstić information content (AvgIpc) is 3.50. The third-order valence-electron chi connectivity index (χ3n) is 8.11. The summed E-state index contributed by atoms with van der Waals surface area (Å²) in [5.74, 6) is 0. The number of halogens is 6. The van der Waals surface area contributed by atoms with Gasteiger partial charge in [0.1, 0.15) is 11.4 Å². The molecule has 0 spiro atoms. The summed E-state index contributed by atoms with van der Waals surface area (Å²) in [5.41, 5.74) is 5.35. The molecule has 6 nitrogen and oxygen atoms in total. The molecule has 0 bridgehead atoms. The van der Waals surface area contributed by atoms with E-state index in [1.165, 1.54) is 12.1 Å². The normalized spacial score (nSPS) is 15.4. The first-order valence-corrected chi connectivity index (χ1v) is 13.6. The predicted molar refractivity (Wildman–Crippen MR) is 156 cm³/mol. The molecule has 1 atom stereocenters. The van der Waals surface area contributed by atoms with Gasteiger partial charge in [0, 0.05) is 23.5 Å². The van der Waals surface area contributed by atoms with Crippen LogP contribution in [0.15, 0.2) is 90.2 Å². The van der Waals surface area contributed by atoms with Gasteiger partial charge in [-0.1, -0.05) is 24.3 Å². The molecule has 7 rings (SSSR count). The number of aliphatic imine (C=N–C) groups is 1. The number of rotatable bonds is 3. The number of alkyl halides is 6. The van der Waals surface area contributed by atoms with Gasteiger partial charge >= 0.3 is 12.4 Å². The maximum Gasteiger partial charge on any atom is 0.433 e. The SMILES string of the molecule is N#CN=C1c2cc(-c3ccnc(C(F)(F)F)c3)ccc2-c2cc3c(cc21)-c1ccc(-c2ccnc(C(F)(F)F)c2)cc1C3NC#N. The van der Waals surface area contributed by atoms with Gasteiger partial charge < -0.3 is 5.32 Å². The van der Waals surface area contributed by atoms with Crippen molar-refractivity contribution in [2.24, 2.45) is 4.99 Å². The molecule has 0 saturated carbocycles. The van der Waals surface area contributed by atoms with Crippen molar-refractivity contribution >= 4 is 5.71 Å². The van der Waals surface area contributed by atoms with Crippen LogP contribution in [0.1, 0.15) is 39.7 Å². The molecule has 0 fully saturated rings. The fourth-order valence-corrected chi connectivity index (χ4v) is 6.12. The van der Waals surface area contributed by atoms with Crippen molar-refractivity contribution in [1.29, 1.82) is 10.5 Å². The molecule has 2 aliphatic rings. The highest BCUT2D eigenvalue weighted by Crippen LogP contribution is 2.50. The lowest BCUT2D eigenvalue weighted by molar-refractivity contribution is -0.141. The number of fused-ring (bicyclic) bond motifs is 6. The van der Waals surface area contributed by atoms with Gasteiger partial charge in [-0.05, 0) is 104 Å². The number of nitrogens with zero attached hydrogens (tertiary/aromatic N) is 5. The predicted octanol–water partition coefficient (Wildman–Crippen LogP) is 8.29. The van der Waals surface area contributed by atoms with Gasteiger partial charge in [-0.15, -0.1) is 0 Å². The van der Waals surface area contributed by atoms with E-state index in [0.29, 0.717) is 55.8 Å². The molecule has 46 heavy (non-hydrogen) atoms. The van der Waals surface area contributed by atoms with E-state index < -0.39 is 29.8 Å². The molecular formula is C34H16F6N6. The van der Waals surface area contributed by atoms with Crippen molar-refractivity contribution in [3.8, 4) is 56.9 Å². The van der Waals surface area contributed by atoms with Crippen LogP contribution in [0.25, 0.3) is 44.5 Å². The Morgan fingerprint density at radius 3 is 1.72 bits per heavy atom. The van der Waals surface area contributed by atoms with Crippen LogP contribution in [0.2, 0.25) is 0 Å². The van der Waals surface area contributed by atoms with Gasteiger partial charge in [-0.25, -0.2) is 0 Å². The Morgan fingerprint density at radius 2 is 1.13 bits per heavy atom. The number of nitrogens with one attached hydrogen (secondary N) is 1. The standard InChI is InChI=1S/C34H16F6N6/c35-33(36,37)29-11-19(5-7-43-29)17-1-3-21-23-13-28-24(14-27(23)31(45-15-41)25(21)9-17)22-4-2-18(10-26(22)32(28)46-16-42)20-6-8-44-30(12-20)34(38,39)40/h1-14,31,45H. The highest BCUT2D eigenvalue weighted by molar-refractivity contribution is 6.26. The topological polar surface area (TPSA) is 97.8 Å². The summed E-state index contributed by atoms with van der Waals surface area (Å²) in [6.45, 7) is 0. The Hall–Kier alpha value is -6.01. The van der Waals surface area contributed by atoms with E-state index in [1.54, 1.807) is 36.4 Å². The van der Waals surface area contributed by atoms with Crippen molar-refractivity contribution in [2.75, 3.05) is 0 Å². The van der Waals surface area contributed by atoms with Crippen molar-refractivity contribution in [3.63, 3.8) is 0 Å². The van der Waals surface area contributed by atoms with Gasteiger partial charge in [0.15, 0.2) is 6.19 Å². The van der Waals surface area contributed by atoms with Crippen LogP contribution < -0.4 is 5.32 Å². The molecule has 0 radical (unpaired) electrons. The molecule has 0 aliphatic heterocycles. The van der Waals surface area contributed by atoms with Crippen LogP contribution in [0.3, 0.4) is 0 Å². The lowest BCUT2D eigenvalue weighted by atomic mass is 9.96. The van der Waals surface area contributed by atoms with Gasteiger partial charge in [0.05, 0.1) is 11.8 Å². The number of hydrogen-bond donors (Lipinski definition) is 1. The number of hydrogen-bond acceptors (Lipinski definition) is 6. The smallest absolute Gasteiger partial charge is 0.312 e. The average molecular weight is 623 g/mol. The second-order valence-electron chi connectivity index (χ2n) is 10.7. The molecule has 2 aliphatic carbocycles. The third kappa shape index (κ3) is 4.63. The van der Waals surface area contributed by atoms with Crippen molar-refractivity contribution < 1.29 is 26.3 Å². The third-order valence-corrected chi connectivity index (χ3v) is 8.11. The van der Waals surface area contributed by atoms with E-state index in [9.17, 15) is 36.9 Å². The number of pyridine rings is 2. The largest absolute Gasteiger partial charge is 0.433 e. The van der Waals surface area contributed by atoms with Gasteiger partial charge in [-0.2, -0.15) is 41.9 Å². The fraction of sp³-hybridized carbons (Fsp3) is 0.0882. The van der Waals surface area contributed by atoms with Gasteiger partial charge in [0.2, 0.25) is 6.19 Å². The molecular weight excluding hydrogens is 606 g/mol. The van der Waals surface area contributed by atoms with E-state index in [1.807, 2.05) is 24.5 Å². The lowest BCUT2D eigenvalue weighted by Crippen LogP contribution is -2.14. The summed E-state index contributed by atoms with van der Waals surface area (Å²) in [7, 11) is 0. The zero-order valence-corrected chi connectivity index (χ0v) is 23.2. The van der Waals surface area contributed by atoms with Gasteiger partial charge in [-0.3, -0.25) is 9.97 Å². The summed E-state index contributed by atoms with van der Waals surface area (Å²) >= 11 is 0. The summed E-state index contributed by atoms with van der Waals surface area (Å²) in [4.78, 5) is 10.9. The van der Waals surface area contributed by atoms with Crippen LogP contribution in [0.5, 0.6) is 0 Å². The van der Waals surface area contributed by atoms with Gasteiger partial charge in [0.25, 0.3) is 0 Å². The minimum absolute atomic E-state index is 0.291. The molecule has 2 aromatic heterocycles. The summed E-state index contributed by atoms with van der Waals surface area (Å²) in [6.07, 6.45) is -3.25. The zero-order chi connectivity index (χ0) is 32.4. The minimum Gasteiger partial charge on any atom is -0.312 e. The lowest BCUT2D eigenvalue weighted by Gasteiger charge is -2.14. The maximum atomic E-state index is 13.3. The Kier molecular flexibility index (Phi) is 6.42. The second-order valence-corrected chi connectivity index (χ2v) is 10.7. The minimum atomic E-state index is -4.62. The fourth-order valence-electron chi connectivity index (χ4n) is 6.12. The molecule has 1 N–H and O–H groups in total. The molecule has 224 valence electrons. The van der Waals surface area contributed by atoms with E-state index in [2.05, 4.69) is 20.3 Å². The molecule has 12 heteroatoms. The monoisotopic (exact) mass is 622 g/mol. The van der Waals surface area contributed by atoms with E-state index in [0.717, 1.165) is 41.2 Å². The first kappa shape index (κ1) is 28.7. The Balaban J connectivity index is 1.34. The van der Waals surface area contributed by atoms with Crippen LogP contribution in [0.4, 0.5) is 26.3 Å². The van der Waals surface area contributed by atoms with Crippen LogP contribution in [0, 0.1) is 22.9 Å².